The number of nitrogens with one attached hydrogen (secondary N) is 1. The summed E-state index contributed by atoms with van der Waals surface area (Å²) in [5.41, 5.74) is 4.56. The molecule has 0 spiro atoms. The van der Waals surface area contributed by atoms with Crippen molar-refractivity contribution in [1.29, 1.82) is 0 Å². The lowest BCUT2D eigenvalue weighted by Crippen LogP contribution is -2.22. The molecule has 31 heavy (non-hydrogen) atoms. The molecule has 1 N–H and O–H groups in total. The molecule has 2 aromatic carbocycles. The van der Waals surface area contributed by atoms with Gasteiger partial charge < -0.3 is 14.8 Å². The van der Waals surface area contributed by atoms with Crippen LogP contribution in [-0.4, -0.2) is 45.0 Å². The highest BCUT2D eigenvalue weighted by atomic mass is 32.2. The van der Waals surface area contributed by atoms with Gasteiger partial charge in [-0.25, -0.2) is 4.98 Å². The number of carbonyl (C=O) groups is 1. The highest BCUT2D eigenvalue weighted by molar-refractivity contribution is 8.00. The van der Waals surface area contributed by atoms with Crippen LogP contribution in [0.3, 0.4) is 0 Å². The Balaban J connectivity index is 1.54. The van der Waals surface area contributed by atoms with Gasteiger partial charge in [0.1, 0.15) is 5.52 Å². The molecule has 8 heteroatoms. The summed E-state index contributed by atoms with van der Waals surface area (Å²) in [5, 5.41) is 12.9. The third-order valence-electron chi connectivity index (χ3n) is 5.10. The summed E-state index contributed by atoms with van der Waals surface area (Å²) < 4.78 is 2.18. The predicted molar refractivity (Wildman–Crippen MR) is 128 cm³/mol. The van der Waals surface area contributed by atoms with Crippen LogP contribution in [0.1, 0.15) is 20.3 Å². The van der Waals surface area contributed by atoms with Crippen LogP contribution in [-0.2, 0) is 11.3 Å². The minimum Gasteiger partial charge on any atom is -0.378 e. The Morgan fingerprint density at radius 1 is 1.13 bits per heavy atom. The van der Waals surface area contributed by atoms with Crippen LogP contribution in [0.4, 0.5) is 11.4 Å². The molecule has 0 radical (unpaired) electrons. The van der Waals surface area contributed by atoms with E-state index in [2.05, 4.69) is 33.1 Å². The number of fused-ring (bicyclic) bond motifs is 3. The van der Waals surface area contributed by atoms with E-state index in [1.165, 1.54) is 11.8 Å². The van der Waals surface area contributed by atoms with Gasteiger partial charge in [-0.3, -0.25) is 4.79 Å². The zero-order valence-corrected chi connectivity index (χ0v) is 19.0. The molecule has 1 atom stereocenters. The van der Waals surface area contributed by atoms with Crippen molar-refractivity contribution in [2.24, 2.45) is 0 Å². The number of aryl methyl sites for hydroxylation is 1. The van der Waals surface area contributed by atoms with Crippen LogP contribution in [0, 0.1) is 0 Å². The van der Waals surface area contributed by atoms with Crippen molar-refractivity contribution in [3.05, 3.63) is 48.5 Å². The first kappa shape index (κ1) is 21.1. The van der Waals surface area contributed by atoms with E-state index in [1.807, 2.05) is 68.4 Å². The number of anilines is 2. The summed E-state index contributed by atoms with van der Waals surface area (Å²) >= 11 is 1.31. The molecule has 0 bridgehead atoms. The summed E-state index contributed by atoms with van der Waals surface area (Å²) in [6, 6.07) is 15.9. The maximum Gasteiger partial charge on any atom is 0.237 e. The van der Waals surface area contributed by atoms with Crippen LogP contribution < -0.4 is 10.2 Å². The van der Waals surface area contributed by atoms with Gasteiger partial charge in [-0.15, -0.1) is 10.2 Å². The Kier molecular flexibility index (Phi) is 6.08. The monoisotopic (exact) mass is 434 g/mol. The largest absolute Gasteiger partial charge is 0.378 e. The molecule has 0 saturated carbocycles. The SMILES string of the molecule is CCCn1c2ccccc2c2nnc(SC(C)C(=O)Nc3ccc(N(C)C)cc3)nc21. The summed E-state index contributed by atoms with van der Waals surface area (Å²) in [4.78, 5) is 19.5. The number of aromatic nitrogens is 4. The number of rotatable bonds is 7. The van der Waals surface area contributed by atoms with E-state index >= 15 is 0 Å². The van der Waals surface area contributed by atoms with Crippen LogP contribution >= 0.6 is 11.8 Å². The third-order valence-corrected chi connectivity index (χ3v) is 6.06. The summed E-state index contributed by atoms with van der Waals surface area (Å²) in [6.07, 6.45) is 0.992. The molecule has 7 nitrogen and oxygen atoms in total. The average Bonchev–Trinajstić information content (AvgIpc) is 3.07. The molecule has 160 valence electrons. The zero-order chi connectivity index (χ0) is 22.0. The van der Waals surface area contributed by atoms with Gasteiger partial charge in [0.25, 0.3) is 0 Å². The van der Waals surface area contributed by atoms with Crippen molar-refractivity contribution in [2.75, 3.05) is 24.3 Å². The highest BCUT2D eigenvalue weighted by Gasteiger charge is 2.19. The van der Waals surface area contributed by atoms with Gasteiger partial charge in [-0.2, -0.15) is 0 Å². The van der Waals surface area contributed by atoms with Crippen molar-refractivity contribution in [2.45, 2.75) is 37.2 Å². The molecular formula is C23H26N6OS. The first-order valence-corrected chi connectivity index (χ1v) is 11.2. The number of hydrogen-bond acceptors (Lipinski definition) is 6. The van der Waals surface area contributed by atoms with Crippen molar-refractivity contribution >= 4 is 51.1 Å². The lowest BCUT2D eigenvalue weighted by Gasteiger charge is -2.14. The first-order valence-electron chi connectivity index (χ1n) is 10.3. The number of thioether (sulfide) groups is 1. The van der Waals surface area contributed by atoms with Gasteiger partial charge in [-0.05, 0) is 43.7 Å². The maximum atomic E-state index is 12.7. The molecular weight excluding hydrogens is 408 g/mol. The van der Waals surface area contributed by atoms with Crippen LogP contribution in [0.2, 0.25) is 0 Å². The van der Waals surface area contributed by atoms with Gasteiger partial charge in [0.05, 0.1) is 10.8 Å². The van der Waals surface area contributed by atoms with E-state index in [9.17, 15) is 4.79 Å². The van der Waals surface area contributed by atoms with E-state index in [1.54, 1.807) is 0 Å². The van der Waals surface area contributed by atoms with Crippen LogP contribution in [0.15, 0.2) is 53.7 Å². The van der Waals surface area contributed by atoms with E-state index in [-0.39, 0.29) is 11.2 Å². The predicted octanol–water partition coefficient (Wildman–Crippen LogP) is 4.57. The molecule has 2 heterocycles. The fraction of sp³-hybridized carbons (Fsp3) is 0.304. The number of benzene rings is 2. The number of para-hydroxylation sites is 1. The van der Waals surface area contributed by atoms with Crippen LogP contribution in [0.25, 0.3) is 22.1 Å². The Labute approximate surface area is 185 Å². The van der Waals surface area contributed by atoms with Gasteiger partial charge in [0.2, 0.25) is 11.1 Å². The van der Waals surface area contributed by atoms with Crippen molar-refractivity contribution in [3.8, 4) is 0 Å². The second kappa shape index (κ2) is 8.93. The normalized spacial score (nSPS) is 12.3. The van der Waals surface area contributed by atoms with Crippen molar-refractivity contribution in [3.63, 3.8) is 0 Å². The van der Waals surface area contributed by atoms with E-state index in [4.69, 9.17) is 4.98 Å². The Morgan fingerprint density at radius 3 is 2.58 bits per heavy atom. The number of hydrogen-bond donors (Lipinski definition) is 1. The number of amides is 1. The molecule has 4 aromatic rings. The fourth-order valence-corrected chi connectivity index (χ4v) is 4.20. The molecule has 0 aliphatic heterocycles. The van der Waals surface area contributed by atoms with Gasteiger partial charge >= 0.3 is 0 Å². The van der Waals surface area contributed by atoms with Crippen molar-refractivity contribution < 1.29 is 4.79 Å². The lowest BCUT2D eigenvalue weighted by molar-refractivity contribution is -0.115. The Morgan fingerprint density at radius 2 is 1.87 bits per heavy atom. The first-order chi connectivity index (χ1) is 15.0. The Hall–Kier alpha value is -3.13. The maximum absolute atomic E-state index is 12.7. The summed E-state index contributed by atoms with van der Waals surface area (Å²) in [7, 11) is 3.97. The molecule has 4 rings (SSSR count). The molecule has 0 fully saturated rings. The van der Waals surface area contributed by atoms with Gasteiger partial charge in [-0.1, -0.05) is 36.9 Å². The standard InChI is InChI=1S/C23H26N6OS/c1-5-14-29-19-9-7-6-8-18(19)20-21(29)25-23(27-26-20)31-15(2)22(30)24-16-10-12-17(13-11-16)28(3)4/h6-13,15H,5,14H2,1-4H3,(H,24,30). The smallest absolute Gasteiger partial charge is 0.237 e. The molecule has 1 amide bonds. The molecule has 1 unspecified atom stereocenters. The van der Waals surface area contributed by atoms with Crippen molar-refractivity contribution in [1.82, 2.24) is 19.7 Å². The lowest BCUT2D eigenvalue weighted by atomic mass is 10.2. The second-order valence-electron chi connectivity index (χ2n) is 7.63. The van der Waals surface area contributed by atoms with E-state index in [0.29, 0.717) is 5.16 Å². The highest BCUT2D eigenvalue weighted by Crippen LogP contribution is 2.28. The second-order valence-corrected chi connectivity index (χ2v) is 8.93. The minimum absolute atomic E-state index is 0.0969. The van der Waals surface area contributed by atoms with E-state index in [0.717, 1.165) is 46.4 Å². The zero-order valence-electron chi connectivity index (χ0n) is 18.2. The molecule has 0 aliphatic rings. The topological polar surface area (TPSA) is 75.9 Å². The summed E-state index contributed by atoms with van der Waals surface area (Å²) in [6.45, 7) is 4.84. The quantitative estimate of drug-likeness (QED) is 0.429. The fourth-order valence-electron chi connectivity index (χ4n) is 3.49. The molecule has 0 aliphatic carbocycles. The average molecular weight is 435 g/mol. The number of nitrogens with zero attached hydrogens (tertiary/aromatic N) is 5. The van der Waals surface area contributed by atoms with Crippen LogP contribution in [0.5, 0.6) is 0 Å². The summed E-state index contributed by atoms with van der Waals surface area (Å²) in [5.74, 6) is -0.0969. The Bertz CT molecular complexity index is 1220. The van der Waals surface area contributed by atoms with Gasteiger partial charge in [0, 0.05) is 37.4 Å². The molecule has 0 saturated heterocycles. The third kappa shape index (κ3) is 4.34. The minimum atomic E-state index is -0.364. The van der Waals surface area contributed by atoms with Gasteiger partial charge in [0.15, 0.2) is 5.65 Å². The number of carbonyl (C=O) groups excluding carboxylic acids is 1. The molecule has 2 aromatic heterocycles. The van der Waals surface area contributed by atoms with E-state index < -0.39 is 0 Å².